The molecule has 0 aliphatic rings. The van der Waals surface area contributed by atoms with Gasteiger partial charge in [0.05, 0.1) is 6.61 Å². The van der Waals surface area contributed by atoms with Crippen LogP contribution in [0.25, 0.3) is 0 Å². The standard InChI is InChI=1S/C15H15ClN2O3/c1-2-21-13-4-3-9-18(15(13)20)10-14(19)17-12-7-5-11(16)6-8-12/h3-9H,2,10H2,1H3,(H,17,19). The van der Waals surface area contributed by atoms with Gasteiger partial charge < -0.3 is 14.6 Å². The van der Waals surface area contributed by atoms with Gasteiger partial charge >= 0.3 is 0 Å². The van der Waals surface area contributed by atoms with Crippen LogP contribution < -0.4 is 15.6 Å². The molecule has 1 aromatic heterocycles. The number of hydrogen-bond acceptors (Lipinski definition) is 3. The molecule has 0 bridgehead atoms. The summed E-state index contributed by atoms with van der Waals surface area (Å²) in [5, 5.41) is 3.29. The highest BCUT2D eigenvalue weighted by Crippen LogP contribution is 2.13. The number of anilines is 1. The Hall–Kier alpha value is -2.27. The summed E-state index contributed by atoms with van der Waals surface area (Å²) in [6, 6.07) is 10.00. The second kappa shape index (κ2) is 6.95. The van der Waals surface area contributed by atoms with Crippen LogP contribution in [-0.2, 0) is 11.3 Å². The zero-order valence-corrected chi connectivity index (χ0v) is 12.3. The molecule has 0 radical (unpaired) electrons. The van der Waals surface area contributed by atoms with E-state index in [0.29, 0.717) is 17.3 Å². The van der Waals surface area contributed by atoms with Crippen molar-refractivity contribution >= 4 is 23.2 Å². The smallest absolute Gasteiger partial charge is 0.293 e. The molecular formula is C15H15ClN2O3. The number of aromatic nitrogens is 1. The lowest BCUT2D eigenvalue weighted by atomic mass is 10.3. The summed E-state index contributed by atoms with van der Waals surface area (Å²) in [6.07, 6.45) is 1.55. The van der Waals surface area contributed by atoms with E-state index < -0.39 is 0 Å². The highest BCUT2D eigenvalue weighted by molar-refractivity contribution is 6.30. The largest absolute Gasteiger partial charge is 0.488 e. The van der Waals surface area contributed by atoms with Crippen molar-refractivity contribution in [2.24, 2.45) is 0 Å². The van der Waals surface area contributed by atoms with Gasteiger partial charge in [0.15, 0.2) is 5.75 Å². The molecule has 1 aromatic carbocycles. The van der Waals surface area contributed by atoms with E-state index in [2.05, 4.69) is 5.32 Å². The fourth-order valence-corrected chi connectivity index (χ4v) is 1.92. The minimum Gasteiger partial charge on any atom is -0.488 e. The average Bonchev–Trinajstić information content (AvgIpc) is 2.46. The Bertz CT molecular complexity index is 680. The summed E-state index contributed by atoms with van der Waals surface area (Å²) in [6.45, 7) is 2.11. The molecule has 0 aliphatic carbocycles. The van der Waals surface area contributed by atoms with E-state index in [0.717, 1.165) is 0 Å². The molecule has 0 aliphatic heterocycles. The number of rotatable bonds is 5. The van der Waals surface area contributed by atoms with Crippen LogP contribution >= 0.6 is 11.6 Å². The van der Waals surface area contributed by atoms with Crippen molar-refractivity contribution in [2.75, 3.05) is 11.9 Å². The van der Waals surface area contributed by atoms with Crippen molar-refractivity contribution in [3.8, 4) is 5.75 Å². The molecule has 0 fully saturated rings. The van der Waals surface area contributed by atoms with Crippen molar-refractivity contribution in [3.05, 3.63) is 58.0 Å². The van der Waals surface area contributed by atoms with Gasteiger partial charge in [0.2, 0.25) is 5.91 Å². The summed E-state index contributed by atoms with van der Waals surface area (Å²) in [5.74, 6) is -0.0626. The number of amides is 1. The number of ether oxygens (including phenoxy) is 1. The molecule has 0 saturated heterocycles. The van der Waals surface area contributed by atoms with Crippen LogP contribution in [0.5, 0.6) is 5.75 Å². The lowest BCUT2D eigenvalue weighted by Gasteiger charge is -2.09. The number of halogens is 1. The Morgan fingerprint density at radius 2 is 2.00 bits per heavy atom. The number of nitrogens with one attached hydrogen (secondary N) is 1. The predicted molar refractivity (Wildman–Crippen MR) is 82.0 cm³/mol. The van der Waals surface area contributed by atoms with Gasteiger partial charge in [0.1, 0.15) is 6.54 Å². The Labute approximate surface area is 127 Å². The molecule has 0 spiro atoms. The summed E-state index contributed by atoms with van der Waals surface area (Å²) >= 11 is 5.77. The quantitative estimate of drug-likeness (QED) is 0.923. The van der Waals surface area contributed by atoms with Gasteiger partial charge in [-0.25, -0.2) is 0 Å². The Morgan fingerprint density at radius 3 is 2.67 bits per heavy atom. The van der Waals surface area contributed by atoms with Gasteiger partial charge in [-0.15, -0.1) is 0 Å². The minimum atomic E-state index is -0.328. The molecular weight excluding hydrogens is 292 g/mol. The SMILES string of the molecule is CCOc1cccn(CC(=O)Nc2ccc(Cl)cc2)c1=O. The van der Waals surface area contributed by atoms with Crippen molar-refractivity contribution in [3.63, 3.8) is 0 Å². The average molecular weight is 307 g/mol. The van der Waals surface area contributed by atoms with Gasteiger partial charge in [-0.2, -0.15) is 0 Å². The van der Waals surface area contributed by atoms with Crippen LogP contribution in [0.3, 0.4) is 0 Å². The first kappa shape index (κ1) is 15.1. The number of hydrogen-bond donors (Lipinski definition) is 1. The fourth-order valence-electron chi connectivity index (χ4n) is 1.79. The molecule has 5 nitrogen and oxygen atoms in total. The second-order valence-electron chi connectivity index (χ2n) is 4.29. The molecule has 1 N–H and O–H groups in total. The number of benzene rings is 1. The summed E-state index contributed by atoms with van der Waals surface area (Å²) in [4.78, 5) is 24.0. The van der Waals surface area contributed by atoms with Crippen molar-refractivity contribution in [1.82, 2.24) is 4.57 Å². The summed E-state index contributed by atoms with van der Waals surface area (Å²) in [5.41, 5.74) is 0.295. The van der Waals surface area contributed by atoms with Crippen LogP contribution in [0.4, 0.5) is 5.69 Å². The van der Waals surface area contributed by atoms with Gasteiger partial charge in [-0.05, 0) is 43.3 Å². The molecule has 2 rings (SSSR count). The van der Waals surface area contributed by atoms with E-state index in [1.165, 1.54) is 4.57 Å². The Balaban J connectivity index is 2.07. The molecule has 0 unspecified atom stereocenters. The Morgan fingerprint density at radius 1 is 1.29 bits per heavy atom. The van der Waals surface area contributed by atoms with Crippen LogP contribution in [-0.4, -0.2) is 17.1 Å². The van der Waals surface area contributed by atoms with E-state index in [1.807, 2.05) is 0 Å². The van der Waals surface area contributed by atoms with E-state index in [9.17, 15) is 9.59 Å². The van der Waals surface area contributed by atoms with Gasteiger partial charge in [-0.1, -0.05) is 11.6 Å². The second-order valence-corrected chi connectivity index (χ2v) is 4.73. The first-order valence-electron chi connectivity index (χ1n) is 6.48. The van der Waals surface area contributed by atoms with Crippen molar-refractivity contribution < 1.29 is 9.53 Å². The van der Waals surface area contributed by atoms with Crippen LogP contribution in [0.2, 0.25) is 5.02 Å². The third-order valence-corrected chi connectivity index (χ3v) is 2.98. The summed E-state index contributed by atoms with van der Waals surface area (Å²) < 4.78 is 6.51. The topological polar surface area (TPSA) is 60.3 Å². The van der Waals surface area contributed by atoms with Crippen LogP contribution in [0.1, 0.15) is 6.92 Å². The van der Waals surface area contributed by atoms with Crippen LogP contribution in [0, 0.1) is 0 Å². The Kier molecular flexibility index (Phi) is 5.00. The lowest BCUT2D eigenvalue weighted by Crippen LogP contribution is -2.27. The first-order valence-corrected chi connectivity index (χ1v) is 6.85. The fraction of sp³-hybridized carbons (Fsp3) is 0.200. The molecule has 6 heteroatoms. The van der Waals surface area contributed by atoms with E-state index >= 15 is 0 Å². The highest BCUT2D eigenvalue weighted by Gasteiger charge is 2.08. The first-order chi connectivity index (χ1) is 10.1. The lowest BCUT2D eigenvalue weighted by molar-refractivity contribution is -0.116. The number of pyridine rings is 1. The van der Waals surface area contributed by atoms with Crippen molar-refractivity contribution in [1.29, 1.82) is 0 Å². The maximum absolute atomic E-state index is 12.0. The zero-order valence-electron chi connectivity index (χ0n) is 11.5. The third kappa shape index (κ3) is 4.10. The normalized spacial score (nSPS) is 10.2. The number of carbonyl (C=O) groups is 1. The number of carbonyl (C=O) groups excluding carboxylic acids is 1. The van der Waals surface area contributed by atoms with E-state index in [1.54, 1.807) is 49.5 Å². The molecule has 110 valence electrons. The van der Waals surface area contributed by atoms with Crippen LogP contribution in [0.15, 0.2) is 47.4 Å². The minimum absolute atomic E-state index is 0.0810. The number of nitrogens with zero attached hydrogens (tertiary/aromatic N) is 1. The molecule has 1 amide bonds. The molecule has 21 heavy (non-hydrogen) atoms. The van der Waals surface area contributed by atoms with Gasteiger partial charge in [0, 0.05) is 16.9 Å². The maximum atomic E-state index is 12.0. The molecule has 1 heterocycles. The zero-order chi connectivity index (χ0) is 15.2. The molecule has 0 saturated carbocycles. The van der Waals surface area contributed by atoms with Crippen molar-refractivity contribution in [2.45, 2.75) is 13.5 Å². The molecule has 0 atom stereocenters. The predicted octanol–water partition coefficient (Wildman–Crippen LogP) is 2.54. The molecule has 2 aromatic rings. The third-order valence-electron chi connectivity index (χ3n) is 2.73. The monoisotopic (exact) mass is 306 g/mol. The van der Waals surface area contributed by atoms with E-state index in [-0.39, 0.29) is 23.8 Å². The maximum Gasteiger partial charge on any atom is 0.293 e. The van der Waals surface area contributed by atoms with Gasteiger partial charge in [-0.3, -0.25) is 9.59 Å². The highest BCUT2D eigenvalue weighted by atomic mass is 35.5. The van der Waals surface area contributed by atoms with E-state index in [4.69, 9.17) is 16.3 Å². The van der Waals surface area contributed by atoms with Gasteiger partial charge in [0.25, 0.3) is 5.56 Å². The summed E-state index contributed by atoms with van der Waals surface area (Å²) in [7, 11) is 0.